The topological polar surface area (TPSA) is 26.3 Å². The Hall–Kier alpha value is -2.26. The number of hydrogen-bond donors (Lipinski definition) is 0. The van der Waals surface area contributed by atoms with Gasteiger partial charge in [0.15, 0.2) is 6.10 Å². The van der Waals surface area contributed by atoms with E-state index in [1.807, 2.05) is 36.4 Å². The Kier molecular flexibility index (Phi) is 3.16. The zero-order valence-electron chi connectivity index (χ0n) is 12.1. The van der Waals surface area contributed by atoms with Crippen molar-refractivity contribution in [1.82, 2.24) is 0 Å². The quantitative estimate of drug-likeness (QED) is 0.501. The number of fused-ring (bicyclic) bond motifs is 2. The van der Waals surface area contributed by atoms with Gasteiger partial charge in [0.1, 0.15) is 0 Å². The molecule has 4 rings (SSSR count). The van der Waals surface area contributed by atoms with Crippen molar-refractivity contribution in [3.8, 4) is 0 Å². The summed E-state index contributed by atoms with van der Waals surface area (Å²) in [6, 6.07) is 20.1. The van der Waals surface area contributed by atoms with Crippen molar-refractivity contribution in [3.05, 3.63) is 77.4 Å². The summed E-state index contributed by atoms with van der Waals surface area (Å²) in [6.07, 6.45) is 1.76. The Bertz CT molecular complexity index is 885. The highest BCUT2D eigenvalue weighted by Crippen LogP contribution is 2.40. The third-order valence-electron chi connectivity index (χ3n) is 4.11. The highest BCUT2D eigenvalue weighted by Gasteiger charge is 2.32. The number of ether oxygens (including phenoxy) is 1. The Morgan fingerprint density at radius 3 is 2.41 bits per heavy atom. The first-order valence-corrected chi connectivity index (χ1v) is 8.37. The van der Waals surface area contributed by atoms with Crippen molar-refractivity contribution in [2.24, 2.45) is 0 Å². The third-order valence-corrected chi connectivity index (χ3v) is 4.90. The minimum atomic E-state index is -0.315. The maximum absolute atomic E-state index is 12.1. The summed E-state index contributed by atoms with van der Waals surface area (Å²) < 4.78 is 5.65. The van der Waals surface area contributed by atoms with E-state index in [-0.39, 0.29) is 12.1 Å². The summed E-state index contributed by atoms with van der Waals surface area (Å²) in [7, 11) is 0. The lowest BCUT2D eigenvalue weighted by atomic mass is 9.95. The number of carbonyl (C=O) groups excluding carboxylic acids is 1. The molecule has 0 bridgehead atoms. The number of thioether (sulfide) groups is 1. The molecule has 0 radical (unpaired) electrons. The number of esters is 1. The van der Waals surface area contributed by atoms with Crippen molar-refractivity contribution in [2.75, 3.05) is 6.26 Å². The first-order valence-electron chi connectivity index (χ1n) is 7.15. The van der Waals surface area contributed by atoms with Crippen LogP contribution in [0, 0.1) is 0 Å². The lowest BCUT2D eigenvalue weighted by Gasteiger charge is -2.15. The molecule has 0 aromatic heterocycles. The van der Waals surface area contributed by atoms with Gasteiger partial charge in [0.25, 0.3) is 0 Å². The molecule has 1 aliphatic heterocycles. The van der Waals surface area contributed by atoms with E-state index in [1.54, 1.807) is 11.8 Å². The SMILES string of the molecule is CSc1ccc([C@@H]2OC(=O)c3ccccc32)c2ccccc12. The summed E-state index contributed by atoms with van der Waals surface area (Å²) in [6.45, 7) is 0. The molecule has 0 fully saturated rings. The molecule has 3 aromatic rings. The summed E-state index contributed by atoms with van der Waals surface area (Å²) in [5.41, 5.74) is 2.67. The van der Waals surface area contributed by atoms with Crippen LogP contribution in [0.4, 0.5) is 0 Å². The molecule has 0 spiro atoms. The van der Waals surface area contributed by atoms with Gasteiger partial charge in [-0.15, -0.1) is 11.8 Å². The maximum Gasteiger partial charge on any atom is 0.339 e. The van der Waals surface area contributed by atoms with Gasteiger partial charge >= 0.3 is 5.97 Å². The van der Waals surface area contributed by atoms with E-state index in [9.17, 15) is 4.79 Å². The first kappa shape index (κ1) is 13.4. The van der Waals surface area contributed by atoms with Crippen LogP contribution in [0.25, 0.3) is 10.8 Å². The van der Waals surface area contributed by atoms with Crippen molar-refractivity contribution >= 4 is 28.5 Å². The molecule has 22 heavy (non-hydrogen) atoms. The molecule has 3 aromatic carbocycles. The fourth-order valence-corrected chi connectivity index (χ4v) is 3.68. The molecule has 0 amide bonds. The van der Waals surface area contributed by atoms with Crippen LogP contribution in [0.1, 0.15) is 27.6 Å². The zero-order valence-corrected chi connectivity index (χ0v) is 12.9. The zero-order chi connectivity index (χ0) is 15.1. The Morgan fingerprint density at radius 2 is 1.59 bits per heavy atom. The van der Waals surface area contributed by atoms with Gasteiger partial charge in [0.2, 0.25) is 0 Å². The van der Waals surface area contributed by atoms with Gasteiger partial charge in [-0.1, -0.05) is 48.5 Å². The number of benzene rings is 3. The van der Waals surface area contributed by atoms with Crippen molar-refractivity contribution in [2.45, 2.75) is 11.0 Å². The molecule has 0 aliphatic carbocycles. The van der Waals surface area contributed by atoms with Gasteiger partial charge < -0.3 is 4.74 Å². The van der Waals surface area contributed by atoms with Crippen LogP contribution in [0.15, 0.2) is 65.6 Å². The van der Waals surface area contributed by atoms with E-state index in [0.29, 0.717) is 5.56 Å². The largest absolute Gasteiger partial charge is 0.449 e. The average Bonchev–Trinajstić information content (AvgIpc) is 2.91. The second-order valence-corrected chi connectivity index (χ2v) is 6.12. The summed E-state index contributed by atoms with van der Waals surface area (Å²) >= 11 is 1.73. The van der Waals surface area contributed by atoms with Crippen LogP contribution in [0.2, 0.25) is 0 Å². The van der Waals surface area contributed by atoms with Gasteiger partial charge in [0, 0.05) is 16.0 Å². The van der Waals surface area contributed by atoms with Crippen LogP contribution in [0.5, 0.6) is 0 Å². The Labute approximate surface area is 133 Å². The van der Waals surface area contributed by atoms with E-state index in [0.717, 1.165) is 16.5 Å². The summed E-state index contributed by atoms with van der Waals surface area (Å²) in [5, 5.41) is 2.34. The molecule has 108 valence electrons. The highest BCUT2D eigenvalue weighted by atomic mass is 32.2. The van der Waals surface area contributed by atoms with Crippen LogP contribution in [-0.2, 0) is 4.74 Å². The Morgan fingerprint density at radius 1 is 0.864 bits per heavy atom. The van der Waals surface area contributed by atoms with E-state index in [4.69, 9.17) is 4.74 Å². The summed E-state index contributed by atoms with van der Waals surface area (Å²) in [4.78, 5) is 13.3. The number of hydrogen-bond acceptors (Lipinski definition) is 3. The van der Waals surface area contributed by atoms with E-state index >= 15 is 0 Å². The lowest BCUT2D eigenvalue weighted by Crippen LogP contribution is -2.02. The molecule has 0 unspecified atom stereocenters. The molecule has 0 saturated carbocycles. The maximum atomic E-state index is 12.1. The molecular weight excluding hydrogens is 292 g/mol. The molecule has 1 aliphatic rings. The normalized spacial score (nSPS) is 16.6. The molecule has 0 saturated heterocycles. The number of carbonyl (C=O) groups is 1. The smallest absolute Gasteiger partial charge is 0.339 e. The van der Waals surface area contributed by atoms with Crippen LogP contribution in [-0.4, -0.2) is 12.2 Å². The average molecular weight is 306 g/mol. The van der Waals surface area contributed by atoms with Gasteiger partial charge in [-0.3, -0.25) is 0 Å². The third kappa shape index (κ3) is 1.93. The van der Waals surface area contributed by atoms with Gasteiger partial charge in [-0.2, -0.15) is 0 Å². The fraction of sp³-hybridized carbons (Fsp3) is 0.105. The van der Waals surface area contributed by atoms with E-state index in [2.05, 4.69) is 30.5 Å². The molecule has 2 nitrogen and oxygen atoms in total. The van der Waals surface area contributed by atoms with Crippen molar-refractivity contribution < 1.29 is 9.53 Å². The fourth-order valence-electron chi connectivity index (χ4n) is 3.08. The van der Waals surface area contributed by atoms with E-state index < -0.39 is 0 Å². The second kappa shape index (κ2) is 5.18. The minimum Gasteiger partial charge on any atom is -0.449 e. The molecule has 1 atom stereocenters. The standard InChI is InChI=1S/C19H14O2S/c1-22-17-11-10-15(12-6-2-3-7-13(12)17)18-14-8-4-5-9-16(14)19(20)21-18/h2-11,18H,1H3/t18-/m1/s1. The van der Waals surface area contributed by atoms with Crippen molar-refractivity contribution in [3.63, 3.8) is 0 Å². The molecule has 1 heterocycles. The van der Waals surface area contributed by atoms with Gasteiger partial charge in [0.05, 0.1) is 5.56 Å². The Balaban J connectivity index is 1.95. The van der Waals surface area contributed by atoms with E-state index in [1.165, 1.54) is 10.3 Å². The minimum absolute atomic E-state index is 0.237. The predicted octanol–water partition coefficient (Wildman–Crippen LogP) is 4.82. The van der Waals surface area contributed by atoms with Crippen LogP contribution >= 0.6 is 11.8 Å². The first-order chi connectivity index (χ1) is 10.8. The highest BCUT2D eigenvalue weighted by molar-refractivity contribution is 7.98. The van der Waals surface area contributed by atoms with Crippen molar-refractivity contribution in [1.29, 1.82) is 0 Å². The van der Waals surface area contributed by atoms with Crippen LogP contribution in [0.3, 0.4) is 0 Å². The molecule has 0 N–H and O–H groups in total. The number of cyclic esters (lactones) is 1. The summed E-state index contributed by atoms with van der Waals surface area (Å²) in [5.74, 6) is -0.237. The number of rotatable bonds is 2. The van der Waals surface area contributed by atoms with Crippen LogP contribution < -0.4 is 0 Å². The predicted molar refractivity (Wildman–Crippen MR) is 89.4 cm³/mol. The monoisotopic (exact) mass is 306 g/mol. The second-order valence-electron chi connectivity index (χ2n) is 5.28. The lowest BCUT2D eigenvalue weighted by molar-refractivity contribution is 0.0458. The van der Waals surface area contributed by atoms with Gasteiger partial charge in [-0.25, -0.2) is 4.79 Å². The van der Waals surface area contributed by atoms with Gasteiger partial charge in [-0.05, 0) is 29.2 Å². The molecule has 3 heteroatoms. The molecular formula is C19H14O2S.